The standard InChI is InChI=1S/C38H28N6O12S3.Na/c1-20-2-6-25(7-3-20)41-43-34-32(58(51,52)53)18-23-15-26(9-12-30(23)36(34)45)39-38(47)40-27-10-13-31-24(16-27)19-33(59(54,55)56)35(37(31)46)44-42-28-8-4-22-17-29(57(48,49)50)11-5-21(22)14-28;/h2-19,45-46H,1H3,(H2,39,40,47)(H,48,49,50)(H,51,52,53)(H,54,55,56);/q;+1. The molecular weight excluding hydrogens is 852 g/mol. The average molecular weight is 880 g/mol. The molecule has 60 heavy (non-hydrogen) atoms. The third kappa shape index (κ3) is 9.44. The van der Waals surface area contributed by atoms with Crippen molar-refractivity contribution in [3.05, 3.63) is 115 Å². The fourth-order valence-electron chi connectivity index (χ4n) is 6.00. The summed E-state index contributed by atoms with van der Waals surface area (Å²) in [4.78, 5) is 11.2. The quantitative estimate of drug-likeness (QED) is 0.0493. The van der Waals surface area contributed by atoms with E-state index in [1.165, 1.54) is 72.8 Å². The van der Waals surface area contributed by atoms with Crippen molar-refractivity contribution in [2.45, 2.75) is 21.6 Å². The number of aryl methyl sites for hydroxylation is 1. The van der Waals surface area contributed by atoms with Crippen molar-refractivity contribution in [3.63, 3.8) is 0 Å². The van der Waals surface area contributed by atoms with Crippen molar-refractivity contribution in [3.8, 4) is 11.5 Å². The van der Waals surface area contributed by atoms with Gasteiger partial charge >= 0.3 is 35.6 Å². The summed E-state index contributed by atoms with van der Waals surface area (Å²) in [5.41, 5.74) is 0.605. The average Bonchev–Trinajstić information content (AvgIpc) is 3.16. The molecule has 300 valence electrons. The Labute approximate surface area is 362 Å². The topological polar surface area (TPSA) is 294 Å². The summed E-state index contributed by atoms with van der Waals surface area (Å²) in [6.45, 7) is 1.86. The third-order valence-electron chi connectivity index (χ3n) is 8.83. The molecule has 22 heteroatoms. The van der Waals surface area contributed by atoms with Crippen LogP contribution in [0.15, 0.2) is 144 Å². The van der Waals surface area contributed by atoms with Gasteiger partial charge in [0.15, 0.2) is 11.5 Å². The summed E-state index contributed by atoms with van der Waals surface area (Å²) in [6.07, 6.45) is 0. The molecule has 18 nitrogen and oxygen atoms in total. The maximum atomic E-state index is 13.1. The molecule has 0 aromatic heterocycles. The summed E-state index contributed by atoms with van der Waals surface area (Å²) in [7, 11) is -14.4. The van der Waals surface area contributed by atoms with Gasteiger partial charge in [0.1, 0.15) is 21.2 Å². The summed E-state index contributed by atoms with van der Waals surface area (Å²) < 4.78 is 102. The van der Waals surface area contributed by atoms with Crippen molar-refractivity contribution in [1.82, 2.24) is 0 Å². The van der Waals surface area contributed by atoms with E-state index in [1.807, 2.05) is 6.92 Å². The molecule has 0 fully saturated rings. The number of hydrogen-bond donors (Lipinski definition) is 7. The van der Waals surface area contributed by atoms with E-state index in [0.29, 0.717) is 16.5 Å². The number of anilines is 2. The second-order valence-corrected chi connectivity index (χ2v) is 17.2. The summed E-state index contributed by atoms with van der Waals surface area (Å²) >= 11 is 0. The molecule has 0 unspecified atom stereocenters. The van der Waals surface area contributed by atoms with Gasteiger partial charge in [-0.25, -0.2) is 4.79 Å². The number of amides is 2. The molecular formula is C38H28N6NaO12S3+. The molecule has 0 aliphatic heterocycles. The van der Waals surface area contributed by atoms with Gasteiger partial charge in [-0.05, 0) is 113 Å². The zero-order valence-corrected chi connectivity index (χ0v) is 35.4. The fourth-order valence-corrected chi connectivity index (χ4v) is 7.83. The van der Waals surface area contributed by atoms with Gasteiger partial charge in [-0.1, -0.05) is 29.8 Å². The number of rotatable bonds is 9. The van der Waals surface area contributed by atoms with E-state index in [4.69, 9.17) is 0 Å². The van der Waals surface area contributed by atoms with Gasteiger partial charge in [-0.3, -0.25) is 13.7 Å². The molecule has 2 amide bonds. The molecule has 0 aliphatic carbocycles. The zero-order chi connectivity index (χ0) is 42.4. The summed E-state index contributed by atoms with van der Waals surface area (Å²) in [5.74, 6) is -1.26. The van der Waals surface area contributed by atoms with Crippen LogP contribution in [-0.2, 0) is 30.4 Å². The van der Waals surface area contributed by atoms with Gasteiger partial charge in [-0.2, -0.15) is 35.5 Å². The molecule has 0 saturated carbocycles. The van der Waals surface area contributed by atoms with Crippen molar-refractivity contribution >= 4 is 103 Å². The van der Waals surface area contributed by atoms with Crippen molar-refractivity contribution in [1.29, 1.82) is 0 Å². The molecule has 7 aromatic rings. The van der Waals surface area contributed by atoms with E-state index in [9.17, 15) is 53.9 Å². The first-order valence-corrected chi connectivity index (χ1v) is 21.1. The monoisotopic (exact) mass is 879 g/mol. The Kier molecular flexibility index (Phi) is 12.1. The Hall–Kier alpha value is -5.88. The first-order valence-electron chi connectivity index (χ1n) is 16.8. The minimum atomic E-state index is -5.01. The number of carbonyl (C=O) groups is 1. The second kappa shape index (κ2) is 16.6. The van der Waals surface area contributed by atoms with Gasteiger partial charge in [0.25, 0.3) is 30.4 Å². The molecule has 0 heterocycles. The Balaban J connectivity index is 0.00000604. The third-order valence-corrected chi connectivity index (χ3v) is 11.4. The van der Waals surface area contributed by atoms with E-state index in [1.54, 1.807) is 24.3 Å². The number of nitrogens with one attached hydrogen (secondary N) is 2. The van der Waals surface area contributed by atoms with Crippen LogP contribution in [0.3, 0.4) is 0 Å². The zero-order valence-electron chi connectivity index (χ0n) is 31.0. The number of aromatic hydroxyl groups is 2. The minimum Gasteiger partial charge on any atom is -0.505 e. The largest absolute Gasteiger partial charge is 1.00 e. The van der Waals surface area contributed by atoms with Crippen molar-refractivity contribution in [2.75, 3.05) is 10.6 Å². The van der Waals surface area contributed by atoms with Gasteiger partial charge in [0.2, 0.25) is 0 Å². The predicted molar refractivity (Wildman–Crippen MR) is 217 cm³/mol. The van der Waals surface area contributed by atoms with E-state index >= 15 is 0 Å². The molecule has 0 aliphatic rings. The predicted octanol–water partition coefficient (Wildman–Crippen LogP) is 6.08. The molecule has 7 aromatic carbocycles. The van der Waals surface area contributed by atoms with Gasteiger partial charge < -0.3 is 20.8 Å². The Morgan fingerprint density at radius 1 is 0.500 bits per heavy atom. The minimum absolute atomic E-state index is 0. The SMILES string of the molecule is Cc1ccc(N=Nc2c(S(=O)(=O)O)cc3cc(NC(=O)Nc4ccc5c(O)c(N=Nc6ccc7cc(S(=O)(=O)O)ccc7c6)c(S(=O)(=O)O)cc5c4)ccc3c2O)cc1.[Na+]. The van der Waals surface area contributed by atoms with Gasteiger partial charge in [-0.15, -0.1) is 10.2 Å². The van der Waals surface area contributed by atoms with Crippen LogP contribution in [-0.4, -0.2) is 55.2 Å². The number of phenols is 2. The van der Waals surface area contributed by atoms with Crippen LogP contribution >= 0.6 is 0 Å². The van der Waals surface area contributed by atoms with E-state index in [2.05, 4.69) is 31.1 Å². The number of hydrogen-bond acceptors (Lipinski definition) is 13. The van der Waals surface area contributed by atoms with Crippen LogP contribution in [0.25, 0.3) is 32.3 Å². The van der Waals surface area contributed by atoms with Crippen LogP contribution < -0.4 is 40.2 Å². The van der Waals surface area contributed by atoms with Gasteiger partial charge in [0.05, 0.1) is 16.3 Å². The van der Waals surface area contributed by atoms with Crippen molar-refractivity contribution in [2.24, 2.45) is 20.5 Å². The molecule has 0 saturated heterocycles. The number of nitrogens with zero attached hydrogens (tertiary/aromatic N) is 4. The first-order chi connectivity index (χ1) is 27.7. The number of azo groups is 2. The van der Waals surface area contributed by atoms with E-state index in [0.717, 1.165) is 17.7 Å². The number of carbonyl (C=O) groups excluding carboxylic acids is 1. The Bertz CT molecular complexity index is 3310. The van der Waals surface area contributed by atoms with Gasteiger partial charge in [0, 0.05) is 22.1 Å². The first kappa shape index (κ1) is 43.7. The van der Waals surface area contributed by atoms with Crippen LogP contribution in [0.2, 0.25) is 0 Å². The van der Waals surface area contributed by atoms with Crippen molar-refractivity contribution < 1.29 is 83.5 Å². The molecule has 7 N–H and O–H groups in total. The molecule has 0 bridgehead atoms. The number of phenolic OH excluding ortho intramolecular Hbond substituents is 2. The Morgan fingerprint density at radius 3 is 1.43 bits per heavy atom. The molecule has 0 atom stereocenters. The number of benzene rings is 7. The van der Waals surface area contributed by atoms with Crippen LogP contribution in [0.5, 0.6) is 11.5 Å². The van der Waals surface area contributed by atoms with Crippen LogP contribution in [0.4, 0.5) is 38.9 Å². The van der Waals surface area contributed by atoms with E-state index in [-0.39, 0.29) is 73.1 Å². The normalized spacial score (nSPS) is 12.3. The molecule has 0 radical (unpaired) electrons. The van der Waals surface area contributed by atoms with E-state index < -0.39 is 69.1 Å². The van der Waals surface area contributed by atoms with Crippen LogP contribution in [0.1, 0.15) is 5.56 Å². The number of fused-ring (bicyclic) bond motifs is 3. The molecule has 7 rings (SSSR count). The maximum Gasteiger partial charge on any atom is 1.00 e. The fraction of sp³-hybridized carbons (Fsp3) is 0.0263. The summed E-state index contributed by atoms with van der Waals surface area (Å²) in [5, 5.41) is 44.2. The van der Waals surface area contributed by atoms with Crippen LogP contribution in [0, 0.1) is 6.92 Å². The second-order valence-electron chi connectivity index (χ2n) is 12.9. The summed E-state index contributed by atoms with van der Waals surface area (Å²) in [6, 6.07) is 24.4. The molecule has 0 spiro atoms. The number of urea groups is 1. The Morgan fingerprint density at radius 2 is 0.950 bits per heavy atom. The smallest absolute Gasteiger partial charge is 0.505 e. The maximum absolute atomic E-state index is 13.1.